The number of hydrogen-bond acceptors (Lipinski definition) is 10. The van der Waals surface area contributed by atoms with Crippen LogP contribution in [0, 0.1) is 0 Å². The van der Waals surface area contributed by atoms with Crippen molar-refractivity contribution in [2.45, 2.75) is 167 Å². The van der Waals surface area contributed by atoms with E-state index in [-0.39, 0.29) is 31.7 Å². The molecule has 12 heteroatoms. The van der Waals surface area contributed by atoms with Gasteiger partial charge in [0.1, 0.15) is 12.7 Å². The van der Waals surface area contributed by atoms with E-state index in [0.29, 0.717) is 19.3 Å². The van der Waals surface area contributed by atoms with Crippen molar-refractivity contribution in [3.63, 3.8) is 0 Å². The summed E-state index contributed by atoms with van der Waals surface area (Å²) in [5.74, 6) is -1.05. The summed E-state index contributed by atoms with van der Waals surface area (Å²) in [6.45, 7) is 2.17. The number of aliphatic hydroxyl groups is 2. The first-order valence-electron chi connectivity index (χ1n) is 21.0. The number of rotatable bonds is 37. The van der Waals surface area contributed by atoms with Crippen LogP contribution in [0.3, 0.4) is 0 Å². The Morgan fingerprint density at radius 2 is 1.14 bits per heavy atom. The summed E-state index contributed by atoms with van der Waals surface area (Å²) in [5, 5.41) is 18.3. The minimum absolute atomic E-state index is 0.107. The smallest absolute Gasteiger partial charge is 0.462 e. The molecule has 320 valence electrons. The molecule has 0 aromatic rings. The van der Waals surface area contributed by atoms with E-state index in [4.69, 9.17) is 23.8 Å². The highest BCUT2D eigenvalue weighted by Crippen LogP contribution is 2.43. The first kappa shape index (κ1) is 51.4. The Kier molecular flexibility index (Phi) is 32.6. The number of carbonyl (C=O) groups is 2. The molecule has 0 aromatic carbocycles. The van der Waals surface area contributed by atoms with Gasteiger partial charge >= 0.3 is 19.8 Å². The van der Waals surface area contributed by atoms with Gasteiger partial charge < -0.3 is 29.3 Å². The van der Waals surface area contributed by atoms with Gasteiger partial charge in [-0.05, 0) is 89.9 Å². The highest BCUT2D eigenvalue weighted by atomic mass is 31.2. The minimum Gasteiger partial charge on any atom is -0.462 e. The molecule has 0 aromatic heterocycles. The Morgan fingerprint density at radius 1 is 0.643 bits per heavy atom. The largest absolute Gasteiger partial charge is 0.472 e. The number of epoxide rings is 1. The lowest BCUT2D eigenvalue weighted by atomic mass is 10.1. The predicted molar refractivity (Wildman–Crippen MR) is 223 cm³/mol. The first-order valence-corrected chi connectivity index (χ1v) is 22.5. The van der Waals surface area contributed by atoms with Crippen LogP contribution in [0.1, 0.15) is 142 Å². The second kappa shape index (κ2) is 35.5. The standard InChI is InChI=1S/C44H73O11P/c1-3-5-7-9-11-13-15-17-18-19-21-23-25-27-29-33-44(48)54-40(38-53-56(49,50)52-36-39(46)35-45)37-51-43(47)34-30-32-42-41(55-42)31-28-26-24-22-20-16-14-12-10-8-6-4-2/h11-14,17-18,20-23,26,28,39-42,45-46H,3-10,15-16,19,24-25,27,29-38H2,1-2H3,(H,49,50)/b13-11-,14-12-,18-17-,22-20-,23-21-,28-26-/t39-,40+,41?,42?/m0/s1. The van der Waals surface area contributed by atoms with Crippen LogP contribution in [-0.4, -0.2) is 77.9 Å². The number of phosphoric acid groups is 1. The van der Waals surface area contributed by atoms with Gasteiger partial charge in [0.2, 0.25) is 0 Å². The fraction of sp³-hybridized carbons (Fsp3) is 0.682. The molecule has 1 aliphatic rings. The van der Waals surface area contributed by atoms with Gasteiger partial charge in [-0.25, -0.2) is 4.57 Å². The van der Waals surface area contributed by atoms with Crippen molar-refractivity contribution in [3.05, 3.63) is 72.9 Å². The fourth-order valence-electron chi connectivity index (χ4n) is 5.38. The highest BCUT2D eigenvalue weighted by molar-refractivity contribution is 7.47. The lowest BCUT2D eigenvalue weighted by molar-refractivity contribution is -0.161. The molecule has 1 aliphatic heterocycles. The molecule has 56 heavy (non-hydrogen) atoms. The number of allylic oxidation sites excluding steroid dienone is 11. The van der Waals surface area contributed by atoms with Crippen LogP contribution < -0.4 is 0 Å². The van der Waals surface area contributed by atoms with Crippen molar-refractivity contribution in [3.8, 4) is 0 Å². The van der Waals surface area contributed by atoms with Crippen molar-refractivity contribution in [2.24, 2.45) is 0 Å². The molecular weight excluding hydrogens is 735 g/mol. The summed E-state index contributed by atoms with van der Waals surface area (Å²) in [6.07, 6.45) is 41.8. The second-order valence-corrected chi connectivity index (χ2v) is 15.5. The fourth-order valence-corrected chi connectivity index (χ4v) is 6.17. The predicted octanol–water partition coefficient (Wildman–Crippen LogP) is 9.87. The average Bonchev–Trinajstić information content (AvgIpc) is 3.94. The maximum Gasteiger partial charge on any atom is 0.472 e. The minimum atomic E-state index is -4.65. The molecule has 3 N–H and O–H groups in total. The number of carbonyl (C=O) groups excluding carboxylic acids is 2. The maximum atomic E-state index is 12.6. The number of aliphatic hydroxyl groups excluding tert-OH is 2. The number of phosphoric ester groups is 1. The monoisotopic (exact) mass is 808 g/mol. The number of hydrogen-bond donors (Lipinski definition) is 3. The quantitative estimate of drug-likeness (QED) is 0.0180. The van der Waals surface area contributed by atoms with Crippen molar-refractivity contribution >= 4 is 19.8 Å². The summed E-state index contributed by atoms with van der Waals surface area (Å²) in [6, 6.07) is 0. The molecule has 0 spiro atoms. The summed E-state index contributed by atoms with van der Waals surface area (Å²) >= 11 is 0. The summed E-state index contributed by atoms with van der Waals surface area (Å²) < 4.78 is 38.4. The van der Waals surface area contributed by atoms with E-state index in [9.17, 15) is 24.2 Å². The normalized spacial score (nSPS) is 18.2. The number of ether oxygens (including phenoxy) is 3. The van der Waals surface area contributed by atoms with Crippen molar-refractivity contribution < 1.29 is 52.5 Å². The number of esters is 2. The molecule has 3 unspecified atom stereocenters. The molecule has 0 bridgehead atoms. The molecular formula is C44H73O11P. The molecule has 0 radical (unpaired) electrons. The lowest BCUT2D eigenvalue weighted by Gasteiger charge is -2.20. The topological polar surface area (TPSA) is 161 Å². The third-order valence-electron chi connectivity index (χ3n) is 8.76. The van der Waals surface area contributed by atoms with Crippen LogP contribution in [-0.2, 0) is 37.4 Å². The van der Waals surface area contributed by atoms with E-state index in [2.05, 4.69) is 91.3 Å². The van der Waals surface area contributed by atoms with Crippen molar-refractivity contribution in [1.82, 2.24) is 0 Å². The number of unbranched alkanes of at least 4 members (excludes halogenated alkanes) is 8. The second-order valence-electron chi connectivity index (χ2n) is 14.0. The van der Waals surface area contributed by atoms with E-state index in [1.807, 2.05) is 0 Å². The van der Waals surface area contributed by atoms with Gasteiger partial charge in [-0.2, -0.15) is 0 Å². The van der Waals surface area contributed by atoms with Crippen LogP contribution >= 0.6 is 7.82 Å². The van der Waals surface area contributed by atoms with Crippen LogP contribution in [0.4, 0.5) is 0 Å². The summed E-state index contributed by atoms with van der Waals surface area (Å²) in [5.41, 5.74) is 0. The van der Waals surface area contributed by atoms with Gasteiger partial charge in [0, 0.05) is 12.8 Å². The van der Waals surface area contributed by atoms with Crippen LogP contribution in [0.2, 0.25) is 0 Å². The molecule has 11 nitrogen and oxygen atoms in total. The molecule has 1 saturated heterocycles. The van der Waals surface area contributed by atoms with Crippen molar-refractivity contribution in [1.29, 1.82) is 0 Å². The zero-order valence-corrected chi connectivity index (χ0v) is 35.2. The van der Waals surface area contributed by atoms with Crippen molar-refractivity contribution in [2.75, 3.05) is 26.4 Å². The van der Waals surface area contributed by atoms with Crippen LogP contribution in [0.5, 0.6) is 0 Å². The average molecular weight is 809 g/mol. The molecule has 1 heterocycles. The van der Waals surface area contributed by atoms with Gasteiger partial charge in [-0.15, -0.1) is 0 Å². The third-order valence-corrected chi connectivity index (χ3v) is 9.71. The Morgan fingerprint density at radius 3 is 1.70 bits per heavy atom. The van der Waals surface area contributed by atoms with Crippen LogP contribution in [0.25, 0.3) is 0 Å². The van der Waals surface area contributed by atoms with E-state index < -0.39 is 51.8 Å². The molecule has 1 fully saturated rings. The van der Waals surface area contributed by atoms with E-state index in [1.54, 1.807) is 0 Å². The maximum absolute atomic E-state index is 12.6. The molecule has 0 saturated carbocycles. The first-order chi connectivity index (χ1) is 27.2. The SMILES string of the molecule is CCCCC/C=C\C/C=C\C/C=C\CCCCC(=O)O[C@H](COC(=O)CCCC1OC1C/C=C\C/C=C\C/C=C\CCCCC)COP(=O)(O)OC[C@@H](O)CO. The van der Waals surface area contributed by atoms with E-state index in [0.717, 1.165) is 57.8 Å². The Hall–Kier alpha value is -2.63. The summed E-state index contributed by atoms with van der Waals surface area (Å²) in [4.78, 5) is 35.0. The Bertz CT molecular complexity index is 1230. The third kappa shape index (κ3) is 32.5. The van der Waals surface area contributed by atoms with Crippen LogP contribution in [0.15, 0.2) is 72.9 Å². The summed E-state index contributed by atoms with van der Waals surface area (Å²) in [7, 11) is -4.65. The molecule has 0 aliphatic carbocycles. The van der Waals surface area contributed by atoms with Gasteiger partial charge in [0.15, 0.2) is 6.10 Å². The lowest BCUT2D eigenvalue weighted by Crippen LogP contribution is -2.29. The molecule has 1 rings (SSSR count). The molecule has 0 amide bonds. The van der Waals surface area contributed by atoms with Gasteiger partial charge in [0.05, 0.1) is 32.0 Å². The Labute approximate surface area is 337 Å². The van der Waals surface area contributed by atoms with Gasteiger partial charge in [-0.1, -0.05) is 112 Å². The zero-order valence-electron chi connectivity index (χ0n) is 34.3. The van der Waals surface area contributed by atoms with Gasteiger partial charge in [0.25, 0.3) is 0 Å². The van der Waals surface area contributed by atoms with E-state index >= 15 is 0 Å². The zero-order chi connectivity index (χ0) is 41.0. The highest BCUT2D eigenvalue weighted by Gasteiger charge is 2.36. The molecule has 5 atom stereocenters. The Balaban J connectivity index is 2.36. The van der Waals surface area contributed by atoms with E-state index in [1.165, 1.54) is 38.5 Å². The van der Waals surface area contributed by atoms with Gasteiger partial charge in [-0.3, -0.25) is 18.6 Å².